The van der Waals surface area contributed by atoms with Crippen molar-refractivity contribution in [2.75, 3.05) is 6.61 Å². The van der Waals surface area contributed by atoms with Gasteiger partial charge in [0.2, 0.25) is 5.91 Å². The Bertz CT molecular complexity index is 916. The van der Waals surface area contributed by atoms with Gasteiger partial charge in [0, 0.05) is 0 Å². The molecule has 0 rings (SSSR count). The summed E-state index contributed by atoms with van der Waals surface area (Å²) in [6.45, 7) is 4.20. The van der Waals surface area contributed by atoms with E-state index >= 15 is 0 Å². The molecule has 3 unspecified atom stereocenters. The van der Waals surface area contributed by atoms with Crippen LogP contribution in [0.3, 0.4) is 0 Å². The van der Waals surface area contributed by atoms with Crippen LogP contribution < -0.4 is 5.32 Å². The van der Waals surface area contributed by atoms with E-state index in [1.165, 1.54) is 212 Å². The van der Waals surface area contributed by atoms with Gasteiger partial charge < -0.3 is 20.6 Å². The van der Waals surface area contributed by atoms with Crippen LogP contribution in [0.4, 0.5) is 0 Å². The van der Waals surface area contributed by atoms with Crippen molar-refractivity contribution in [1.29, 1.82) is 0 Å². The number of aliphatic hydroxyl groups excluding tert-OH is 3. The van der Waals surface area contributed by atoms with E-state index < -0.39 is 18.2 Å². The summed E-state index contributed by atoms with van der Waals surface area (Å²) in [6.07, 6.45) is 63.3. The first kappa shape index (κ1) is 57.6. The molecule has 0 aliphatic heterocycles. The lowest BCUT2D eigenvalue weighted by molar-refractivity contribution is -0.124. The molecule has 5 nitrogen and oxygen atoms in total. The fraction of sp³-hybridized carbons (Fsp3) is 0.870. The number of carbonyl (C=O) groups is 1. The number of carbonyl (C=O) groups excluding carboxylic acids is 1. The summed E-state index contributed by atoms with van der Waals surface area (Å²) in [6, 6.07) is -0.765. The summed E-state index contributed by atoms with van der Waals surface area (Å²) in [5, 5.41) is 33.3. The van der Waals surface area contributed by atoms with Gasteiger partial charge in [-0.1, -0.05) is 262 Å². The zero-order chi connectivity index (χ0) is 43.0. The number of nitrogens with one attached hydrogen (secondary N) is 1. The normalized spacial score (nSPS) is 13.6. The molecule has 1 amide bonds. The molecule has 0 bridgehead atoms. The van der Waals surface area contributed by atoms with E-state index in [1.807, 2.05) is 6.08 Å². The molecule has 0 aliphatic rings. The first-order valence-corrected chi connectivity index (χ1v) is 26.3. The predicted molar refractivity (Wildman–Crippen MR) is 259 cm³/mol. The fourth-order valence-electron chi connectivity index (χ4n) is 8.14. The van der Waals surface area contributed by atoms with Gasteiger partial charge in [0.25, 0.3) is 0 Å². The number of hydrogen-bond donors (Lipinski definition) is 4. The molecule has 348 valence electrons. The van der Waals surface area contributed by atoms with E-state index in [1.54, 1.807) is 6.08 Å². The Labute approximate surface area is 368 Å². The van der Waals surface area contributed by atoms with E-state index in [2.05, 4.69) is 43.5 Å². The van der Waals surface area contributed by atoms with Crippen LogP contribution in [0, 0.1) is 0 Å². The SMILES string of the molecule is CCCCCCC/C=C/CC/C=C/CC/C=C/C(O)C(CO)NC(=O)CC(O)CCCCCCCCCCCCCCCCCCCCCCCCCCCCCCC. The van der Waals surface area contributed by atoms with E-state index in [0.717, 1.165) is 38.5 Å². The van der Waals surface area contributed by atoms with Crippen molar-refractivity contribution in [3.05, 3.63) is 36.5 Å². The third-order valence-electron chi connectivity index (χ3n) is 12.2. The lowest BCUT2D eigenvalue weighted by Gasteiger charge is -2.21. The van der Waals surface area contributed by atoms with Gasteiger partial charge in [-0.25, -0.2) is 0 Å². The zero-order valence-corrected chi connectivity index (χ0v) is 39.6. The molecule has 0 saturated heterocycles. The van der Waals surface area contributed by atoms with Crippen molar-refractivity contribution in [2.45, 2.75) is 295 Å². The van der Waals surface area contributed by atoms with Gasteiger partial charge in [0.05, 0.1) is 31.3 Å². The molecule has 0 saturated carbocycles. The summed E-state index contributed by atoms with van der Waals surface area (Å²) in [5.74, 6) is -0.326. The Hall–Kier alpha value is -1.43. The van der Waals surface area contributed by atoms with Crippen molar-refractivity contribution < 1.29 is 20.1 Å². The smallest absolute Gasteiger partial charge is 0.222 e. The second kappa shape index (κ2) is 49.2. The maximum Gasteiger partial charge on any atom is 0.222 e. The second-order valence-electron chi connectivity index (χ2n) is 18.1. The van der Waals surface area contributed by atoms with Crippen molar-refractivity contribution >= 4 is 5.91 Å². The maximum atomic E-state index is 12.5. The van der Waals surface area contributed by atoms with Crippen LogP contribution >= 0.6 is 0 Å². The third kappa shape index (κ3) is 45.9. The Kier molecular flexibility index (Phi) is 48.0. The largest absolute Gasteiger partial charge is 0.394 e. The molecule has 0 aromatic carbocycles. The van der Waals surface area contributed by atoms with Crippen molar-refractivity contribution in [3.63, 3.8) is 0 Å². The molecule has 0 aromatic rings. The van der Waals surface area contributed by atoms with Gasteiger partial charge in [-0.15, -0.1) is 0 Å². The third-order valence-corrected chi connectivity index (χ3v) is 12.2. The number of unbranched alkanes of at least 4 members (excludes halogenated alkanes) is 35. The van der Waals surface area contributed by atoms with Crippen LogP contribution in [0.15, 0.2) is 36.5 Å². The van der Waals surface area contributed by atoms with Crippen LogP contribution in [0.2, 0.25) is 0 Å². The quantitative estimate of drug-likeness (QED) is 0.0363. The summed E-state index contributed by atoms with van der Waals surface area (Å²) in [5.41, 5.74) is 0. The van der Waals surface area contributed by atoms with Gasteiger partial charge in [-0.2, -0.15) is 0 Å². The lowest BCUT2D eigenvalue weighted by Crippen LogP contribution is -2.45. The highest BCUT2D eigenvalue weighted by Crippen LogP contribution is 2.17. The minimum Gasteiger partial charge on any atom is -0.394 e. The van der Waals surface area contributed by atoms with Crippen LogP contribution in [0.1, 0.15) is 277 Å². The van der Waals surface area contributed by atoms with E-state index in [-0.39, 0.29) is 18.9 Å². The molecular formula is C54H103NO4. The Morgan fingerprint density at radius 1 is 0.424 bits per heavy atom. The van der Waals surface area contributed by atoms with Crippen LogP contribution in [0.25, 0.3) is 0 Å². The average molecular weight is 830 g/mol. The Balaban J connectivity index is 3.55. The number of aliphatic hydroxyl groups is 3. The molecule has 5 heteroatoms. The van der Waals surface area contributed by atoms with Crippen LogP contribution in [-0.4, -0.2) is 46.1 Å². The lowest BCUT2D eigenvalue weighted by atomic mass is 10.0. The average Bonchev–Trinajstić information content (AvgIpc) is 3.23. The van der Waals surface area contributed by atoms with Crippen LogP contribution in [0.5, 0.6) is 0 Å². The molecule has 3 atom stereocenters. The molecule has 0 aromatic heterocycles. The number of allylic oxidation sites excluding steroid dienone is 5. The van der Waals surface area contributed by atoms with E-state index in [0.29, 0.717) is 6.42 Å². The van der Waals surface area contributed by atoms with Gasteiger partial charge in [0.1, 0.15) is 0 Å². The predicted octanol–water partition coefficient (Wildman–Crippen LogP) is 15.9. The maximum absolute atomic E-state index is 12.5. The molecule has 4 N–H and O–H groups in total. The van der Waals surface area contributed by atoms with Crippen molar-refractivity contribution in [2.24, 2.45) is 0 Å². The van der Waals surface area contributed by atoms with Crippen LogP contribution in [-0.2, 0) is 4.79 Å². The summed E-state index contributed by atoms with van der Waals surface area (Å²) in [7, 11) is 0. The second-order valence-corrected chi connectivity index (χ2v) is 18.1. The van der Waals surface area contributed by atoms with E-state index in [4.69, 9.17) is 0 Å². The monoisotopic (exact) mass is 830 g/mol. The molecule has 0 aliphatic carbocycles. The first-order chi connectivity index (χ1) is 29.0. The Morgan fingerprint density at radius 2 is 0.729 bits per heavy atom. The summed E-state index contributed by atoms with van der Waals surface area (Å²) in [4.78, 5) is 12.5. The number of amides is 1. The van der Waals surface area contributed by atoms with E-state index in [9.17, 15) is 20.1 Å². The standard InChI is InChI=1S/C54H103NO4/c1-3-5-7-9-11-13-15-17-19-20-21-22-23-24-25-26-27-28-29-30-31-32-34-35-37-39-41-43-45-47-51(57)49-54(59)55-52(50-56)53(58)48-46-44-42-40-38-36-33-18-16-14-12-10-8-6-4-2/h16,18,38,40,46,48,51-53,56-58H,3-15,17,19-37,39,41-45,47,49-50H2,1-2H3,(H,55,59)/b18-16+,40-38+,48-46+. The highest BCUT2D eigenvalue weighted by molar-refractivity contribution is 5.76. The van der Waals surface area contributed by atoms with Crippen molar-refractivity contribution in [3.8, 4) is 0 Å². The Morgan fingerprint density at radius 3 is 1.08 bits per heavy atom. The molecule has 0 heterocycles. The number of rotatable bonds is 48. The molecule has 0 fully saturated rings. The van der Waals surface area contributed by atoms with Gasteiger partial charge >= 0.3 is 0 Å². The summed E-state index contributed by atoms with van der Waals surface area (Å²) < 4.78 is 0. The molecular weight excluding hydrogens is 727 g/mol. The highest BCUT2D eigenvalue weighted by atomic mass is 16.3. The minimum absolute atomic E-state index is 0.00537. The molecule has 0 radical (unpaired) electrons. The first-order valence-electron chi connectivity index (χ1n) is 26.3. The number of hydrogen-bond acceptors (Lipinski definition) is 4. The van der Waals surface area contributed by atoms with Gasteiger partial charge in [0.15, 0.2) is 0 Å². The molecule has 59 heavy (non-hydrogen) atoms. The topological polar surface area (TPSA) is 89.8 Å². The molecule has 0 spiro atoms. The van der Waals surface area contributed by atoms with Gasteiger partial charge in [-0.05, 0) is 44.9 Å². The van der Waals surface area contributed by atoms with Crippen molar-refractivity contribution in [1.82, 2.24) is 5.32 Å². The van der Waals surface area contributed by atoms with Gasteiger partial charge in [-0.3, -0.25) is 4.79 Å². The summed E-state index contributed by atoms with van der Waals surface area (Å²) >= 11 is 0. The fourth-order valence-corrected chi connectivity index (χ4v) is 8.14. The highest BCUT2D eigenvalue weighted by Gasteiger charge is 2.20. The zero-order valence-electron chi connectivity index (χ0n) is 39.6. The minimum atomic E-state index is -0.958.